The Balaban J connectivity index is 1.36. The molecule has 0 heterocycles. The van der Waals surface area contributed by atoms with Gasteiger partial charge in [0.1, 0.15) is 0 Å². The summed E-state index contributed by atoms with van der Waals surface area (Å²) in [4.78, 5) is 12.5. The van der Waals surface area contributed by atoms with E-state index >= 15 is 0 Å². The molecule has 4 aliphatic carbocycles. The molecule has 0 spiro atoms. The number of ether oxygens (including phenoxy) is 1. The predicted molar refractivity (Wildman–Crippen MR) is 82.5 cm³/mol. The van der Waals surface area contributed by atoms with Crippen molar-refractivity contribution in [2.45, 2.75) is 46.0 Å². The average molecular weight is 288 g/mol. The standard InChI is InChI=1S/C19H28O2/c1-3-11(2)6-7-21-19(20)16-10-14-9-15(16)18-13-5-4-12(8-13)17(14)18/h4-5,11-18H,3,6-10H2,1-2H3. The molecule has 8 atom stereocenters. The van der Waals surface area contributed by atoms with E-state index in [9.17, 15) is 4.79 Å². The molecule has 3 saturated carbocycles. The molecule has 0 aromatic heterocycles. The fraction of sp³-hybridized carbons (Fsp3) is 0.842. The third-order valence-corrected chi connectivity index (χ3v) is 7.12. The van der Waals surface area contributed by atoms with Gasteiger partial charge in [0.15, 0.2) is 0 Å². The van der Waals surface area contributed by atoms with Gasteiger partial charge in [-0.15, -0.1) is 0 Å². The fourth-order valence-electron chi connectivity index (χ4n) is 5.96. The van der Waals surface area contributed by atoms with Gasteiger partial charge in [0, 0.05) is 0 Å². The summed E-state index contributed by atoms with van der Waals surface area (Å²) in [6, 6.07) is 0. The minimum atomic E-state index is 0.121. The van der Waals surface area contributed by atoms with Gasteiger partial charge in [-0.2, -0.15) is 0 Å². The smallest absolute Gasteiger partial charge is 0.309 e. The van der Waals surface area contributed by atoms with E-state index in [1.807, 2.05) is 0 Å². The van der Waals surface area contributed by atoms with Crippen molar-refractivity contribution >= 4 is 5.97 Å². The molecule has 4 aliphatic rings. The molecule has 0 radical (unpaired) electrons. The monoisotopic (exact) mass is 288 g/mol. The van der Waals surface area contributed by atoms with Crippen molar-refractivity contribution in [3.8, 4) is 0 Å². The van der Waals surface area contributed by atoms with E-state index in [4.69, 9.17) is 4.74 Å². The van der Waals surface area contributed by atoms with Crippen LogP contribution in [0.3, 0.4) is 0 Å². The van der Waals surface area contributed by atoms with E-state index in [-0.39, 0.29) is 11.9 Å². The average Bonchev–Trinajstić information content (AvgIpc) is 3.23. The van der Waals surface area contributed by atoms with E-state index < -0.39 is 0 Å². The van der Waals surface area contributed by atoms with Crippen molar-refractivity contribution in [1.29, 1.82) is 0 Å². The van der Waals surface area contributed by atoms with Crippen LogP contribution in [0.2, 0.25) is 0 Å². The summed E-state index contributed by atoms with van der Waals surface area (Å²) < 4.78 is 5.62. The van der Waals surface area contributed by atoms with Crippen LogP contribution in [0.25, 0.3) is 0 Å². The lowest BCUT2D eigenvalue weighted by Gasteiger charge is -2.35. The lowest BCUT2D eigenvalue weighted by molar-refractivity contribution is -0.152. The first-order chi connectivity index (χ1) is 10.2. The van der Waals surface area contributed by atoms with Crippen molar-refractivity contribution in [2.75, 3.05) is 6.61 Å². The highest BCUT2D eigenvalue weighted by Crippen LogP contribution is 2.67. The van der Waals surface area contributed by atoms with Crippen LogP contribution in [0.15, 0.2) is 12.2 Å². The van der Waals surface area contributed by atoms with Crippen molar-refractivity contribution in [1.82, 2.24) is 0 Å². The Morgan fingerprint density at radius 2 is 1.95 bits per heavy atom. The van der Waals surface area contributed by atoms with E-state index in [1.54, 1.807) is 0 Å². The van der Waals surface area contributed by atoms with Crippen LogP contribution in [-0.2, 0) is 9.53 Å². The van der Waals surface area contributed by atoms with Crippen LogP contribution in [0.4, 0.5) is 0 Å². The van der Waals surface area contributed by atoms with Gasteiger partial charge < -0.3 is 4.74 Å². The molecule has 0 amide bonds. The third-order valence-electron chi connectivity index (χ3n) is 7.12. The summed E-state index contributed by atoms with van der Waals surface area (Å²) in [5.74, 6) is 5.81. The van der Waals surface area contributed by atoms with E-state index in [2.05, 4.69) is 26.0 Å². The Labute approximate surface area is 128 Å². The number of fused-ring (bicyclic) bond motifs is 9. The lowest BCUT2D eigenvalue weighted by Crippen LogP contribution is -2.35. The second-order valence-corrected chi connectivity index (χ2v) is 8.07. The first-order valence-corrected chi connectivity index (χ1v) is 9.04. The molecule has 0 N–H and O–H groups in total. The first kappa shape index (κ1) is 13.8. The Morgan fingerprint density at radius 3 is 2.71 bits per heavy atom. The number of allylic oxidation sites excluding steroid dienone is 2. The molecule has 0 saturated heterocycles. The number of carbonyl (C=O) groups is 1. The number of carbonyl (C=O) groups excluding carboxylic acids is 1. The SMILES string of the molecule is CCC(C)CCOC(=O)C1CC2CC1C1C3C=CC(C3)C21. The normalized spacial score (nSPS) is 46.9. The van der Waals surface area contributed by atoms with Crippen LogP contribution >= 0.6 is 0 Å². The second kappa shape index (κ2) is 5.14. The highest BCUT2D eigenvalue weighted by atomic mass is 16.5. The van der Waals surface area contributed by atoms with Gasteiger partial charge in [0.05, 0.1) is 12.5 Å². The van der Waals surface area contributed by atoms with Gasteiger partial charge in [-0.05, 0) is 67.1 Å². The van der Waals surface area contributed by atoms with Gasteiger partial charge >= 0.3 is 5.97 Å². The number of hydrogen-bond acceptors (Lipinski definition) is 2. The Hall–Kier alpha value is -0.790. The predicted octanol–water partition coefficient (Wildman–Crippen LogP) is 4.06. The molecular formula is C19H28O2. The van der Waals surface area contributed by atoms with E-state index in [0.29, 0.717) is 18.4 Å². The van der Waals surface area contributed by atoms with Crippen molar-refractivity contribution in [2.24, 2.45) is 47.3 Å². The molecule has 8 unspecified atom stereocenters. The van der Waals surface area contributed by atoms with Crippen molar-refractivity contribution < 1.29 is 9.53 Å². The van der Waals surface area contributed by atoms with Crippen LogP contribution in [0, 0.1) is 47.3 Å². The van der Waals surface area contributed by atoms with E-state index in [1.165, 1.54) is 19.3 Å². The topological polar surface area (TPSA) is 26.3 Å². The highest BCUT2D eigenvalue weighted by Gasteiger charge is 2.62. The quantitative estimate of drug-likeness (QED) is 0.433. The van der Waals surface area contributed by atoms with Gasteiger partial charge in [-0.25, -0.2) is 0 Å². The largest absolute Gasteiger partial charge is 0.465 e. The highest BCUT2D eigenvalue weighted by molar-refractivity contribution is 5.73. The Bertz CT molecular complexity index is 454. The van der Waals surface area contributed by atoms with E-state index in [0.717, 1.165) is 42.4 Å². The lowest BCUT2D eigenvalue weighted by atomic mass is 9.69. The molecular weight excluding hydrogens is 260 g/mol. The zero-order valence-corrected chi connectivity index (χ0v) is 13.3. The summed E-state index contributed by atoms with van der Waals surface area (Å²) in [5, 5.41) is 0. The molecule has 4 bridgehead atoms. The number of hydrogen-bond donors (Lipinski definition) is 0. The van der Waals surface area contributed by atoms with Crippen LogP contribution in [-0.4, -0.2) is 12.6 Å². The number of rotatable bonds is 5. The summed E-state index contributed by atoms with van der Waals surface area (Å²) in [6.07, 6.45) is 10.9. The second-order valence-electron chi connectivity index (χ2n) is 8.07. The van der Waals surface area contributed by atoms with Crippen LogP contribution in [0.1, 0.15) is 46.0 Å². The van der Waals surface area contributed by atoms with Gasteiger partial charge in [0.25, 0.3) is 0 Å². The zero-order valence-electron chi connectivity index (χ0n) is 13.3. The molecule has 2 nitrogen and oxygen atoms in total. The maximum atomic E-state index is 12.5. The molecule has 3 fully saturated rings. The van der Waals surface area contributed by atoms with Crippen molar-refractivity contribution in [3.05, 3.63) is 12.2 Å². The maximum absolute atomic E-state index is 12.5. The fourth-order valence-corrected chi connectivity index (χ4v) is 5.96. The summed E-state index contributed by atoms with van der Waals surface area (Å²) >= 11 is 0. The number of esters is 1. The van der Waals surface area contributed by atoms with Gasteiger partial charge in [0.2, 0.25) is 0 Å². The molecule has 0 aromatic carbocycles. The molecule has 2 heteroatoms. The first-order valence-electron chi connectivity index (χ1n) is 9.04. The molecule has 4 rings (SSSR count). The maximum Gasteiger partial charge on any atom is 0.309 e. The zero-order chi connectivity index (χ0) is 14.6. The molecule has 0 aromatic rings. The van der Waals surface area contributed by atoms with Crippen LogP contribution < -0.4 is 0 Å². The minimum Gasteiger partial charge on any atom is -0.465 e. The van der Waals surface area contributed by atoms with Crippen LogP contribution in [0.5, 0.6) is 0 Å². The summed E-state index contributed by atoms with van der Waals surface area (Å²) in [7, 11) is 0. The minimum absolute atomic E-state index is 0.121. The van der Waals surface area contributed by atoms with Gasteiger partial charge in [-0.3, -0.25) is 4.79 Å². The molecule has 21 heavy (non-hydrogen) atoms. The summed E-state index contributed by atoms with van der Waals surface area (Å²) in [6.45, 7) is 5.06. The van der Waals surface area contributed by atoms with Gasteiger partial charge in [-0.1, -0.05) is 32.4 Å². The third kappa shape index (κ3) is 2.09. The molecule has 0 aliphatic heterocycles. The van der Waals surface area contributed by atoms with Crippen molar-refractivity contribution in [3.63, 3.8) is 0 Å². The summed E-state index contributed by atoms with van der Waals surface area (Å²) in [5.41, 5.74) is 0. The Kier molecular flexibility index (Phi) is 3.39. The Morgan fingerprint density at radius 1 is 1.19 bits per heavy atom. The molecule has 116 valence electrons.